The fourth-order valence-corrected chi connectivity index (χ4v) is 3.33. The van der Waals surface area contributed by atoms with Gasteiger partial charge in [0.25, 0.3) is 0 Å². The van der Waals surface area contributed by atoms with Crippen LogP contribution in [0, 0.1) is 0 Å². The van der Waals surface area contributed by atoms with E-state index in [1.807, 2.05) is 30.0 Å². The molecule has 1 aromatic heterocycles. The molecule has 2 N–H and O–H groups in total. The summed E-state index contributed by atoms with van der Waals surface area (Å²) < 4.78 is 0. The number of benzene rings is 1. The van der Waals surface area contributed by atoms with Crippen LogP contribution in [0.4, 0.5) is 0 Å². The highest BCUT2D eigenvalue weighted by atomic mass is 32.2. The minimum absolute atomic E-state index is 0.696. The monoisotopic (exact) mass is 348 g/mol. The van der Waals surface area contributed by atoms with Crippen molar-refractivity contribution in [3.8, 4) is 11.3 Å². The quantitative estimate of drug-likeness (QED) is 0.435. The highest BCUT2D eigenvalue weighted by Crippen LogP contribution is 2.21. The van der Waals surface area contributed by atoms with Crippen LogP contribution in [-0.4, -0.2) is 36.5 Å². The number of hydrogen-bond acceptors (Lipinski definition) is 4. The summed E-state index contributed by atoms with van der Waals surface area (Å²) in [6, 6.07) is 10.3. The molecule has 2 rings (SSSR count). The van der Waals surface area contributed by atoms with Crippen molar-refractivity contribution in [2.45, 2.75) is 19.4 Å². The molecule has 6 heteroatoms. The molecular formula is C17H24N4S2. The van der Waals surface area contributed by atoms with Gasteiger partial charge in [0.15, 0.2) is 5.96 Å². The lowest BCUT2D eigenvalue weighted by Crippen LogP contribution is -2.37. The number of unbranched alkanes of at least 4 members (excludes halogenated alkanes) is 1. The minimum Gasteiger partial charge on any atom is -0.356 e. The first-order valence-corrected chi connectivity index (χ1v) is 10.0. The van der Waals surface area contributed by atoms with Crippen molar-refractivity contribution in [2.75, 3.05) is 25.6 Å². The van der Waals surface area contributed by atoms with E-state index in [2.05, 4.69) is 44.4 Å². The topological polar surface area (TPSA) is 49.3 Å². The smallest absolute Gasteiger partial charge is 0.191 e. The molecule has 124 valence electrons. The molecule has 0 spiro atoms. The highest BCUT2D eigenvalue weighted by Gasteiger charge is 2.05. The first-order valence-electron chi connectivity index (χ1n) is 7.76. The maximum absolute atomic E-state index is 4.68. The second kappa shape index (κ2) is 10.3. The van der Waals surface area contributed by atoms with E-state index >= 15 is 0 Å². The van der Waals surface area contributed by atoms with Crippen molar-refractivity contribution < 1.29 is 0 Å². The first-order chi connectivity index (χ1) is 11.3. The van der Waals surface area contributed by atoms with Crippen LogP contribution in [0.2, 0.25) is 0 Å². The fraction of sp³-hybridized carbons (Fsp3) is 0.412. The van der Waals surface area contributed by atoms with E-state index in [0.717, 1.165) is 35.2 Å². The largest absolute Gasteiger partial charge is 0.356 e. The van der Waals surface area contributed by atoms with Crippen LogP contribution in [-0.2, 0) is 6.54 Å². The van der Waals surface area contributed by atoms with E-state index in [0.29, 0.717) is 6.54 Å². The Morgan fingerprint density at radius 1 is 1.22 bits per heavy atom. The normalized spacial score (nSPS) is 11.5. The molecule has 0 aliphatic rings. The molecule has 0 bridgehead atoms. The summed E-state index contributed by atoms with van der Waals surface area (Å²) in [5.74, 6) is 2.06. The molecule has 0 unspecified atom stereocenters. The van der Waals surface area contributed by atoms with Crippen molar-refractivity contribution in [1.82, 2.24) is 15.6 Å². The molecular weight excluding hydrogens is 324 g/mol. The van der Waals surface area contributed by atoms with Crippen molar-refractivity contribution in [3.05, 3.63) is 40.7 Å². The Labute approximate surface area is 146 Å². The highest BCUT2D eigenvalue weighted by molar-refractivity contribution is 7.98. The van der Waals surface area contributed by atoms with Gasteiger partial charge in [0, 0.05) is 24.5 Å². The number of rotatable bonds is 8. The van der Waals surface area contributed by atoms with E-state index in [1.54, 1.807) is 18.4 Å². The van der Waals surface area contributed by atoms with Gasteiger partial charge in [-0.15, -0.1) is 11.3 Å². The zero-order valence-electron chi connectivity index (χ0n) is 13.7. The van der Waals surface area contributed by atoms with Gasteiger partial charge >= 0.3 is 0 Å². The number of nitrogens with zero attached hydrogens (tertiary/aromatic N) is 2. The number of thiazole rings is 1. The lowest BCUT2D eigenvalue weighted by atomic mass is 10.2. The summed E-state index contributed by atoms with van der Waals surface area (Å²) in [5.41, 5.74) is 2.19. The van der Waals surface area contributed by atoms with Crippen molar-refractivity contribution >= 4 is 29.1 Å². The van der Waals surface area contributed by atoms with E-state index in [9.17, 15) is 0 Å². The van der Waals surface area contributed by atoms with Gasteiger partial charge in [-0.2, -0.15) is 11.8 Å². The summed E-state index contributed by atoms with van der Waals surface area (Å²) in [7, 11) is 1.80. The Hall–Kier alpha value is -1.53. The van der Waals surface area contributed by atoms with Crippen LogP contribution >= 0.6 is 23.1 Å². The molecule has 0 atom stereocenters. The number of nitrogens with one attached hydrogen (secondary N) is 2. The zero-order chi connectivity index (χ0) is 16.3. The van der Waals surface area contributed by atoms with Gasteiger partial charge in [0.2, 0.25) is 0 Å². The van der Waals surface area contributed by atoms with Crippen LogP contribution < -0.4 is 10.6 Å². The number of thioether (sulfide) groups is 1. The number of aromatic nitrogens is 1. The molecule has 0 aliphatic carbocycles. The van der Waals surface area contributed by atoms with Crippen LogP contribution in [0.15, 0.2) is 40.7 Å². The van der Waals surface area contributed by atoms with Crippen molar-refractivity contribution in [1.29, 1.82) is 0 Å². The van der Waals surface area contributed by atoms with Crippen molar-refractivity contribution in [2.24, 2.45) is 4.99 Å². The summed E-state index contributed by atoms with van der Waals surface area (Å²) in [5, 5.41) is 9.83. The second-order valence-electron chi connectivity index (χ2n) is 5.04. The number of hydrogen-bond donors (Lipinski definition) is 2. The third-order valence-electron chi connectivity index (χ3n) is 3.32. The Kier molecular flexibility index (Phi) is 7.97. The molecule has 0 saturated heterocycles. The van der Waals surface area contributed by atoms with E-state index in [4.69, 9.17) is 0 Å². The van der Waals surface area contributed by atoms with E-state index < -0.39 is 0 Å². The maximum Gasteiger partial charge on any atom is 0.191 e. The van der Waals surface area contributed by atoms with Crippen LogP contribution in [0.3, 0.4) is 0 Å². The Morgan fingerprint density at radius 2 is 2.04 bits per heavy atom. The minimum atomic E-state index is 0.696. The standard InChI is InChI=1S/C17H24N4S2/c1-18-17(19-10-6-7-11-22-2)20-12-16-21-15(13-23-16)14-8-4-3-5-9-14/h3-5,8-9,13H,6-7,10-12H2,1-2H3,(H2,18,19,20). The van der Waals surface area contributed by atoms with Gasteiger partial charge in [0.05, 0.1) is 12.2 Å². The molecule has 0 amide bonds. The molecule has 0 saturated carbocycles. The lowest BCUT2D eigenvalue weighted by Gasteiger charge is -2.10. The summed E-state index contributed by atoms with van der Waals surface area (Å²) in [6.45, 7) is 1.65. The second-order valence-corrected chi connectivity index (χ2v) is 6.97. The first kappa shape index (κ1) is 17.8. The Balaban J connectivity index is 1.77. The predicted molar refractivity (Wildman–Crippen MR) is 103 cm³/mol. The number of aliphatic imine (C=N–C) groups is 1. The van der Waals surface area contributed by atoms with Crippen LogP contribution in [0.5, 0.6) is 0 Å². The van der Waals surface area contributed by atoms with Gasteiger partial charge in [-0.05, 0) is 24.9 Å². The fourth-order valence-electron chi connectivity index (χ4n) is 2.09. The maximum atomic E-state index is 4.68. The molecule has 0 radical (unpaired) electrons. The zero-order valence-corrected chi connectivity index (χ0v) is 15.3. The average molecular weight is 349 g/mol. The summed E-state index contributed by atoms with van der Waals surface area (Å²) in [4.78, 5) is 8.93. The van der Waals surface area contributed by atoms with Gasteiger partial charge in [-0.1, -0.05) is 30.3 Å². The van der Waals surface area contributed by atoms with Crippen molar-refractivity contribution in [3.63, 3.8) is 0 Å². The number of guanidine groups is 1. The van der Waals surface area contributed by atoms with Gasteiger partial charge in [-0.25, -0.2) is 4.98 Å². The van der Waals surface area contributed by atoms with Gasteiger partial charge in [0.1, 0.15) is 5.01 Å². The van der Waals surface area contributed by atoms with Gasteiger partial charge < -0.3 is 10.6 Å². The summed E-state index contributed by atoms with van der Waals surface area (Å²) >= 11 is 3.57. The lowest BCUT2D eigenvalue weighted by molar-refractivity contribution is 0.732. The van der Waals surface area contributed by atoms with Crippen LogP contribution in [0.25, 0.3) is 11.3 Å². The third kappa shape index (κ3) is 6.23. The molecule has 23 heavy (non-hydrogen) atoms. The average Bonchev–Trinajstić information content (AvgIpc) is 3.07. The van der Waals surface area contributed by atoms with E-state index in [-0.39, 0.29) is 0 Å². The predicted octanol–water partition coefficient (Wildman–Crippen LogP) is 3.62. The van der Waals surface area contributed by atoms with E-state index in [1.165, 1.54) is 12.2 Å². The van der Waals surface area contributed by atoms with Gasteiger partial charge in [-0.3, -0.25) is 4.99 Å². The molecule has 1 aromatic carbocycles. The SMILES string of the molecule is CN=C(NCCCCSC)NCc1nc(-c2ccccc2)cs1. The third-order valence-corrected chi connectivity index (χ3v) is 4.87. The molecule has 4 nitrogen and oxygen atoms in total. The Morgan fingerprint density at radius 3 is 2.78 bits per heavy atom. The van der Waals surface area contributed by atoms with Crippen LogP contribution in [0.1, 0.15) is 17.8 Å². The summed E-state index contributed by atoms with van der Waals surface area (Å²) in [6.07, 6.45) is 4.54. The molecule has 0 aliphatic heterocycles. The molecule has 1 heterocycles. The Bertz CT molecular complexity index is 596. The molecule has 2 aromatic rings. The molecule has 0 fully saturated rings.